The maximum absolute atomic E-state index is 2.42. The van der Waals surface area contributed by atoms with E-state index in [2.05, 4.69) is 72.8 Å². The first-order chi connectivity index (χ1) is 10.8. The minimum absolute atomic E-state index is 0.625. The molecule has 0 N–H and O–H groups in total. The van der Waals surface area contributed by atoms with Crippen LogP contribution in [0.2, 0.25) is 3.63 Å². The molecule has 2 aliphatic rings. The van der Waals surface area contributed by atoms with Gasteiger partial charge in [-0.15, -0.1) is 0 Å². The summed E-state index contributed by atoms with van der Waals surface area (Å²) in [5, 5.41) is 0. The Morgan fingerprint density at radius 2 is 1.45 bits per heavy atom. The van der Waals surface area contributed by atoms with E-state index in [1.165, 1.54) is 35.1 Å². The van der Waals surface area contributed by atoms with Gasteiger partial charge in [-0.3, -0.25) is 0 Å². The van der Waals surface area contributed by atoms with Crippen molar-refractivity contribution in [3.63, 3.8) is 0 Å². The third kappa shape index (κ3) is 2.61. The zero-order valence-corrected chi connectivity index (χ0v) is 15.0. The summed E-state index contributed by atoms with van der Waals surface area (Å²) in [4.78, 5) is 0. The predicted octanol–water partition coefficient (Wildman–Crippen LogP) is 5.72. The van der Waals surface area contributed by atoms with E-state index in [0.29, 0.717) is 11.8 Å². The molecule has 0 bridgehead atoms. The van der Waals surface area contributed by atoms with E-state index in [0.717, 1.165) is 3.63 Å². The fraction of sp³-hybridized carbons (Fsp3) is 0.238. The number of hydrogen-bond donors (Lipinski definition) is 0. The Balaban J connectivity index is 1.43. The van der Waals surface area contributed by atoms with Crippen molar-refractivity contribution in [1.29, 1.82) is 0 Å². The van der Waals surface area contributed by atoms with Crippen LogP contribution in [-0.4, -0.2) is 0 Å². The Labute approximate surface area is 147 Å². The SMILES string of the molecule is [Zr][CH](CCC1C=Cc2ccccc21)C1C=Cc2ccccc21. The van der Waals surface area contributed by atoms with Gasteiger partial charge in [0.2, 0.25) is 0 Å². The molecule has 0 fully saturated rings. The normalized spacial score (nSPS) is 22.5. The molecule has 0 nitrogen and oxygen atoms in total. The zero-order valence-electron chi connectivity index (χ0n) is 12.6. The van der Waals surface area contributed by atoms with Crippen LogP contribution in [0.5, 0.6) is 0 Å². The molecule has 0 radical (unpaired) electrons. The van der Waals surface area contributed by atoms with Crippen LogP contribution in [0.3, 0.4) is 0 Å². The molecular formula is C21H19Zr. The van der Waals surface area contributed by atoms with Crippen molar-refractivity contribution in [1.82, 2.24) is 0 Å². The van der Waals surface area contributed by atoms with Crippen LogP contribution >= 0.6 is 0 Å². The topological polar surface area (TPSA) is 0 Å². The standard InChI is InChI=1S/C21H19.Zr/c1-3-10-20-16(6-1)12-14-18(20)8-5-9-19-15-13-17-7-2-4-11-21(17)19;/h1-4,6-8,10-15,18-19H,5,9H2;. The van der Waals surface area contributed by atoms with E-state index in [9.17, 15) is 0 Å². The van der Waals surface area contributed by atoms with E-state index in [1.54, 1.807) is 24.7 Å². The van der Waals surface area contributed by atoms with E-state index in [-0.39, 0.29) is 0 Å². The summed E-state index contributed by atoms with van der Waals surface area (Å²) in [6.07, 6.45) is 12.0. The van der Waals surface area contributed by atoms with Gasteiger partial charge in [-0.2, -0.15) is 0 Å². The number of rotatable bonds is 4. The van der Waals surface area contributed by atoms with Crippen LogP contribution in [0.4, 0.5) is 0 Å². The van der Waals surface area contributed by atoms with Crippen molar-refractivity contribution >= 4 is 12.2 Å². The average Bonchev–Trinajstić information content (AvgIpc) is 3.17. The molecule has 0 heterocycles. The Kier molecular flexibility index (Phi) is 4.01. The quantitative estimate of drug-likeness (QED) is 0.652. The van der Waals surface area contributed by atoms with E-state index >= 15 is 0 Å². The van der Waals surface area contributed by atoms with Crippen molar-refractivity contribution in [2.75, 3.05) is 0 Å². The van der Waals surface area contributed by atoms with E-state index < -0.39 is 0 Å². The van der Waals surface area contributed by atoms with Gasteiger partial charge >= 0.3 is 148 Å². The van der Waals surface area contributed by atoms with E-state index in [4.69, 9.17) is 0 Å². The Bertz CT molecular complexity index is 741. The molecule has 107 valence electrons. The summed E-state index contributed by atoms with van der Waals surface area (Å²) >= 11 is 1.66. The van der Waals surface area contributed by atoms with Gasteiger partial charge in [0.05, 0.1) is 0 Å². The molecule has 0 saturated heterocycles. The molecular weight excluding hydrogens is 343 g/mol. The maximum atomic E-state index is 2.42. The zero-order chi connectivity index (χ0) is 14.9. The fourth-order valence-corrected chi connectivity index (χ4v) is 4.87. The molecule has 0 spiro atoms. The van der Waals surface area contributed by atoms with Gasteiger partial charge < -0.3 is 0 Å². The van der Waals surface area contributed by atoms with Gasteiger partial charge in [0.1, 0.15) is 0 Å². The molecule has 0 amide bonds. The van der Waals surface area contributed by atoms with Crippen LogP contribution in [0.15, 0.2) is 60.7 Å². The molecule has 4 rings (SSSR count). The second-order valence-electron chi connectivity index (χ2n) is 6.29. The van der Waals surface area contributed by atoms with Gasteiger partial charge in [-0.1, -0.05) is 0 Å². The van der Waals surface area contributed by atoms with Gasteiger partial charge in [0.25, 0.3) is 0 Å². The molecule has 1 heteroatoms. The van der Waals surface area contributed by atoms with Gasteiger partial charge in [-0.25, -0.2) is 0 Å². The molecule has 0 aliphatic heterocycles. The molecule has 22 heavy (non-hydrogen) atoms. The van der Waals surface area contributed by atoms with Crippen LogP contribution in [0, 0.1) is 0 Å². The van der Waals surface area contributed by atoms with Crippen LogP contribution in [0.1, 0.15) is 46.9 Å². The molecule has 0 aromatic heterocycles. The molecule has 2 aliphatic carbocycles. The minimum atomic E-state index is 0.625. The summed E-state index contributed by atoms with van der Waals surface area (Å²) in [5.74, 6) is 1.26. The Morgan fingerprint density at radius 1 is 0.818 bits per heavy atom. The van der Waals surface area contributed by atoms with Crippen LogP contribution in [-0.2, 0) is 24.7 Å². The molecule has 3 unspecified atom stereocenters. The number of allylic oxidation sites excluding steroid dienone is 2. The van der Waals surface area contributed by atoms with Crippen molar-refractivity contribution in [2.24, 2.45) is 0 Å². The van der Waals surface area contributed by atoms with Crippen molar-refractivity contribution in [3.05, 3.63) is 82.9 Å². The Morgan fingerprint density at radius 3 is 2.27 bits per heavy atom. The third-order valence-corrected chi connectivity index (χ3v) is 6.56. The summed E-state index contributed by atoms with van der Waals surface area (Å²) in [7, 11) is 0. The predicted molar refractivity (Wildman–Crippen MR) is 89.4 cm³/mol. The van der Waals surface area contributed by atoms with Crippen LogP contribution < -0.4 is 0 Å². The van der Waals surface area contributed by atoms with Crippen molar-refractivity contribution in [3.8, 4) is 0 Å². The average molecular weight is 363 g/mol. The first kappa shape index (κ1) is 14.4. The summed E-state index contributed by atoms with van der Waals surface area (Å²) in [5.41, 5.74) is 5.89. The fourth-order valence-electron chi connectivity index (χ4n) is 3.74. The molecule has 3 atom stereocenters. The number of benzene rings is 2. The van der Waals surface area contributed by atoms with Gasteiger partial charge in [-0.05, 0) is 0 Å². The summed E-state index contributed by atoms with van der Waals surface area (Å²) in [6.45, 7) is 0. The first-order valence-electron chi connectivity index (χ1n) is 8.08. The van der Waals surface area contributed by atoms with Gasteiger partial charge in [0, 0.05) is 0 Å². The monoisotopic (exact) mass is 361 g/mol. The molecule has 2 aromatic carbocycles. The van der Waals surface area contributed by atoms with Crippen molar-refractivity contribution in [2.45, 2.75) is 28.3 Å². The summed E-state index contributed by atoms with van der Waals surface area (Å²) < 4.78 is 0.785. The second kappa shape index (κ2) is 6.13. The van der Waals surface area contributed by atoms with Crippen molar-refractivity contribution < 1.29 is 24.7 Å². The number of fused-ring (bicyclic) bond motifs is 2. The molecule has 2 aromatic rings. The van der Waals surface area contributed by atoms with Crippen LogP contribution in [0.25, 0.3) is 12.2 Å². The third-order valence-electron chi connectivity index (χ3n) is 4.96. The van der Waals surface area contributed by atoms with E-state index in [1.807, 2.05) is 0 Å². The Hall–Kier alpha value is -1.20. The number of hydrogen-bond acceptors (Lipinski definition) is 0. The van der Waals surface area contributed by atoms with Gasteiger partial charge in [0.15, 0.2) is 0 Å². The molecule has 0 saturated carbocycles. The first-order valence-corrected chi connectivity index (χ1v) is 9.50. The second-order valence-corrected chi connectivity index (χ2v) is 8.12. The summed E-state index contributed by atoms with van der Waals surface area (Å²) in [6, 6.07) is 17.7.